The fourth-order valence-electron chi connectivity index (χ4n) is 1.91. The molecule has 100 valence electrons. The number of aliphatic carboxylic acids is 1. The van der Waals surface area contributed by atoms with Gasteiger partial charge in [-0.1, -0.05) is 0 Å². The van der Waals surface area contributed by atoms with E-state index in [9.17, 15) is 9.59 Å². The number of carboxylic acids is 1. The van der Waals surface area contributed by atoms with Gasteiger partial charge in [-0.25, -0.2) is 0 Å². The van der Waals surface area contributed by atoms with Gasteiger partial charge in [0.25, 0.3) is 5.91 Å². The fourth-order valence-corrected chi connectivity index (χ4v) is 1.91. The predicted octanol–water partition coefficient (Wildman–Crippen LogP) is 2.15. The van der Waals surface area contributed by atoms with Crippen LogP contribution in [0.25, 0.3) is 10.9 Å². The Labute approximate surface area is 110 Å². The molecule has 0 bridgehead atoms. The first-order valence-corrected chi connectivity index (χ1v) is 6.16. The van der Waals surface area contributed by atoms with E-state index in [2.05, 4.69) is 10.3 Å². The van der Waals surface area contributed by atoms with Gasteiger partial charge in [-0.05, 0) is 37.6 Å². The molecule has 0 aliphatic rings. The Bertz CT molecular complexity index is 604. The second-order valence-electron chi connectivity index (χ2n) is 4.59. The van der Waals surface area contributed by atoms with Crippen LogP contribution in [0.2, 0.25) is 0 Å². The van der Waals surface area contributed by atoms with Gasteiger partial charge < -0.3 is 15.4 Å². The summed E-state index contributed by atoms with van der Waals surface area (Å²) in [4.78, 5) is 25.5. The SMILES string of the molecule is C[C@@H](CCC(=O)O)NC(=O)c1ccc2[nH]ccc2c1. The standard InChI is InChI=1S/C14H16N2O3/c1-9(2-5-13(17)18)16-14(19)11-3-4-12-10(8-11)6-7-15-12/h3-4,6-9,15H,2,5H2,1H3,(H,16,19)(H,17,18)/t9-/m0/s1. The lowest BCUT2D eigenvalue weighted by atomic mass is 10.1. The molecule has 0 saturated carbocycles. The van der Waals surface area contributed by atoms with Crippen LogP contribution in [0.3, 0.4) is 0 Å². The summed E-state index contributed by atoms with van der Waals surface area (Å²) in [6, 6.07) is 7.15. The molecule has 0 saturated heterocycles. The van der Waals surface area contributed by atoms with Crippen LogP contribution in [0, 0.1) is 0 Å². The molecule has 2 aromatic rings. The second kappa shape index (κ2) is 5.56. The molecule has 0 aliphatic carbocycles. The monoisotopic (exact) mass is 260 g/mol. The summed E-state index contributed by atoms with van der Waals surface area (Å²) >= 11 is 0. The van der Waals surface area contributed by atoms with Crippen molar-refractivity contribution in [2.24, 2.45) is 0 Å². The van der Waals surface area contributed by atoms with Crippen LogP contribution >= 0.6 is 0 Å². The van der Waals surface area contributed by atoms with Crippen LogP contribution < -0.4 is 5.32 Å². The van der Waals surface area contributed by atoms with Gasteiger partial charge in [0.05, 0.1) is 0 Å². The van der Waals surface area contributed by atoms with Gasteiger partial charge in [0, 0.05) is 35.1 Å². The predicted molar refractivity (Wildman–Crippen MR) is 72.1 cm³/mol. The van der Waals surface area contributed by atoms with Crippen molar-refractivity contribution < 1.29 is 14.7 Å². The summed E-state index contributed by atoms with van der Waals surface area (Å²) in [6.45, 7) is 1.80. The molecule has 3 N–H and O–H groups in total. The third-order valence-corrected chi connectivity index (χ3v) is 2.98. The lowest BCUT2D eigenvalue weighted by Gasteiger charge is -2.12. The topological polar surface area (TPSA) is 82.2 Å². The average Bonchev–Trinajstić information content (AvgIpc) is 2.83. The van der Waals surface area contributed by atoms with Gasteiger partial charge in [-0.15, -0.1) is 0 Å². The van der Waals surface area contributed by atoms with E-state index in [4.69, 9.17) is 5.11 Å². The van der Waals surface area contributed by atoms with Gasteiger partial charge in [0.2, 0.25) is 0 Å². The minimum Gasteiger partial charge on any atom is -0.481 e. The highest BCUT2D eigenvalue weighted by Crippen LogP contribution is 2.14. The van der Waals surface area contributed by atoms with E-state index in [1.807, 2.05) is 24.4 Å². The minimum atomic E-state index is -0.852. The summed E-state index contributed by atoms with van der Waals surface area (Å²) in [5.41, 5.74) is 1.56. The molecule has 2 rings (SSSR count). The Kier molecular flexibility index (Phi) is 3.85. The van der Waals surface area contributed by atoms with E-state index in [0.717, 1.165) is 10.9 Å². The van der Waals surface area contributed by atoms with Crippen molar-refractivity contribution in [1.82, 2.24) is 10.3 Å². The maximum absolute atomic E-state index is 12.0. The number of hydrogen-bond donors (Lipinski definition) is 3. The highest BCUT2D eigenvalue weighted by molar-refractivity contribution is 5.98. The van der Waals surface area contributed by atoms with E-state index in [1.54, 1.807) is 13.0 Å². The molecular formula is C14H16N2O3. The number of carbonyl (C=O) groups excluding carboxylic acids is 1. The summed E-state index contributed by atoms with van der Waals surface area (Å²) < 4.78 is 0. The molecule has 19 heavy (non-hydrogen) atoms. The second-order valence-corrected chi connectivity index (χ2v) is 4.59. The molecule has 0 radical (unpaired) electrons. The van der Waals surface area contributed by atoms with Crippen molar-refractivity contribution >= 4 is 22.8 Å². The van der Waals surface area contributed by atoms with Crippen LogP contribution in [0.4, 0.5) is 0 Å². The molecule has 1 aromatic carbocycles. The highest BCUT2D eigenvalue weighted by atomic mass is 16.4. The number of nitrogens with one attached hydrogen (secondary N) is 2. The number of carbonyl (C=O) groups is 2. The summed E-state index contributed by atoms with van der Waals surface area (Å²) in [6.07, 6.45) is 2.30. The average molecular weight is 260 g/mol. The normalized spacial score (nSPS) is 12.3. The van der Waals surface area contributed by atoms with E-state index in [0.29, 0.717) is 12.0 Å². The summed E-state index contributed by atoms with van der Waals surface area (Å²) in [5, 5.41) is 12.4. The largest absolute Gasteiger partial charge is 0.481 e. The van der Waals surface area contributed by atoms with Crippen molar-refractivity contribution in [3.8, 4) is 0 Å². The molecule has 1 aromatic heterocycles. The van der Waals surface area contributed by atoms with Crippen LogP contribution in [0.5, 0.6) is 0 Å². The van der Waals surface area contributed by atoms with Crippen molar-refractivity contribution in [3.05, 3.63) is 36.0 Å². The van der Waals surface area contributed by atoms with Gasteiger partial charge in [-0.2, -0.15) is 0 Å². The highest BCUT2D eigenvalue weighted by Gasteiger charge is 2.11. The number of rotatable bonds is 5. The van der Waals surface area contributed by atoms with E-state index < -0.39 is 5.97 Å². The Morgan fingerprint density at radius 2 is 2.16 bits per heavy atom. The first kappa shape index (κ1) is 13.1. The minimum absolute atomic E-state index is 0.0539. The summed E-state index contributed by atoms with van der Waals surface area (Å²) in [5.74, 6) is -1.03. The number of carboxylic acid groups (broad SMARTS) is 1. The van der Waals surface area contributed by atoms with Crippen LogP contribution in [0.1, 0.15) is 30.1 Å². The Morgan fingerprint density at radius 1 is 1.37 bits per heavy atom. The van der Waals surface area contributed by atoms with Crippen molar-refractivity contribution in [2.75, 3.05) is 0 Å². The van der Waals surface area contributed by atoms with Crippen molar-refractivity contribution in [3.63, 3.8) is 0 Å². The van der Waals surface area contributed by atoms with Gasteiger partial charge in [-0.3, -0.25) is 9.59 Å². The Morgan fingerprint density at radius 3 is 2.89 bits per heavy atom. The number of fused-ring (bicyclic) bond motifs is 1. The molecule has 0 spiro atoms. The van der Waals surface area contributed by atoms with Crippen LogP contribution in [0.15, 0.2) is 30.5 Å². The molecule has 0 aliphatic heterocycles. The van der Waals surface area contributed by atoms with E-state index in [-0.39, 0.29) is 18.4 Å². The molecule has 0 fully saturated rings. The van der Waals surface area contributed by atoms with Crippen molar-refractivity contribution in [2.45, 2.75) is 25.8 Å². The number of H-pyrrole nitrogens is 1. The maximum atomic E-state index is 12.0. The molecule has 0 unspecified atom stereocenters. The molecule has 1 heterocycles. The third-order valence-electron chi connectivity index (χ3n) is 2.98. The fraction of sp³-hybridized carbons (Fsp3) is 0.286. The smallest absolute Gasteiger partial charge is 0.303 e. The van der Waals surface area contributed by atoms with Crippen LogP contribution in [-0.4, -0.2) is 28.0 Å². The Balaban J connectivity index is 2.00. The number of amides is 1. The first-order chi connectivity index (χ1) is 9.06. The van der Waals surface area contributed by atoms with Gasteiger partial charge >= 0.3 is 5.97 Å². The Hall–Kier alpha value is -2.30. The zero-order valence-electron chi connectivity index (χ0n) is 10.6. The first-order valence-electron chi connectivity index (χ1n) is 6.16. The van der Waals surface area contributed by atoms with Gasteiger partial charge in [0.1, 0.15) is 0 Å². The number of aromatic amines is 1. The molecule has 1 amide bonds. The molecule has 5 nitrogen and oxygen atoms in total. The molecule has 1 atom stereocenters. The quantitative estimate of drug-likeness (QED) is 0.770. The lowest BCUT2D eigenvalue weighted by Crippen LogP contribution is -2.32. The van der Waals surface area contributed by atoms with Gasteiger partial charge in [0.15, 0.2) is 0 Å². The number of benzene rings is 1. The number of aromatic nitrogens is 1. The third kappa shape index (κ3) is 3.34. The van der Waals surface area contributed by atoms with E-state index >= 15 is 0 Å². The van der Waals surface area contributed by atoms with Crippen LogP contribution in [-0.2, 0) is 4.79 Å². The molecular weight excluding hydrogens is 244 g/mol. The lowest BCUT2D eigenvalue weighted by molar-refractivity contribution is -0.137. The van der Waals surface area contributed by atoms with E-state index in [1.165, 1.54) is 0 Å². The molecule has 5 heteroatoms. The zero-order chi connectivity index (χ0) is 13.8. The number of hydrogen-bond acceptors (Lipinski definition) is 2. The van der Waals surface area contributed by atoms with Crippen molar-refractivity contribution in [1.29, 1.82) is 0 Å². The maximum Gasteiger partial charge on any atom is 0.303 e. The zero-order valence-corrected chi connectivity index (χ0v) is 10.6. The summed E-state index contributed by atoms with van der Waals surface area (Å²) in [7, 11) is 0.